The van der Waals surface area contributed by atoms with Gasteiger partial charge in [0.25, 0.3) is 5.91 Å². The monoisotopic (exact) mass is 339 g/mol. The average molecular weight is 339 g/mol. The van der Waals surface area contributed by atoms with Crippen LogP contribution in [0.1, 0.15) is 10.4 Å². The molecule has 0 unspecified atom stereocenters. The number of hydrogen-bond acceptors (Lipinski definition) is 5. The molecule has 0 aliphatic rings. The summed E-state index contributed by atoms with van der Waals surface area (Å²) in [6.45, 7) is 0. The standard InChI is InChI=1S/C19H17NO5/c1-20(13-8-9-16(23-2)17(11-13)24-3)18(21)14-10-12-6-4-5-7-15(12)25-19(14)22/h4-11H,1-3H3. The van der Waals surface area contributed by atoms with Gasteiger partial charge in [-0.2, -0.15) is 0 Å². The lowest BCUT2D eigenvalue weighted by Crippen LogP contribution is -2.30. The van der Waals surface area contributed by atoms with Crippen molar-refractivity contribution in [3.63, 3.8) is 0 Å². The molecule has 0 saturated heterocycles. The zero-order chi connectivity index (χ0) is 18.0. The Morgan fingerprint density at radius 1 is 1.00 bits per heavy atom. The number of para-hydroxylation sites is 1. The lowest BCUT2D eigenvalue weighted by Gasteiger charge is -2.18. The van der Waals surface area contributed by atoms with Gasteiger partial charge in [0.15, 0.2) is 11.5 Å². The second kappa shape index (κ2) is 6.68. The van der Waals surface area contributed by atoms with E-state index < -0.39 is 11.5 Å². The topological polar surface area (TPSA) is 69.0 Å². The fourth-order valence-corrected chi connectivity index (χ4v) is 2.54. The Morgan fingerprint density at radius 3 is 2.44 bits per heavy atom. The van der Waals surface area contributed by atoms with E-state index in [2.05, 4.69) is 0 Å². The molecule has 128 valence electrons. The minimum atomic E-state index is -0.670. The summed E-state index contributed by atoms with van der Waals surface area (Å²) in [5, 5.41) is 0.686. The van der Waals surface area contributed by atoms with E-state index in [0.29, 0.717) is 28.2 Å². The van der Waals surface area contributed by atoms with Gasteiger partial charge in [0, 0.05) is 24.2 Å². The third kappa shape index (κ3) is 3.06. The van der Waals surface area contributed by atoms with Crippen molar-refractivity contribution in [2.24, 2.45) is 0 Å². The first-order valence-corrected chi connectivity index (χ1v) is 7.58. The van der Waals surface area contributed by atoms with Crippen LogP contribution >= 0.6 is 0 Å². The molecule has 0 saturated carbocycles. The maximum Gasteiger partial charge on any atom is 0.349 e. The van der Waals surface area contributed by atoms with Gasteiger partial charge in [-0.1, -0.05) is 18.2 Å². The van der Waals surface area contributed by atoms with Crippen LogP contribution in [0.25, 0.3) is 11.0 Å². The lowest BCUT2D eigenvalue weighted by atomic mass is 10.1. The van der Waals surface area contributed by atoms with Gasteiger partial charge >= 0.3 is 5.63 Å². The first-order valence-electron chi connectivity index (χ1n) is 7.58. The fourth-order valence-electron chi connectivity index (χ4n) is 2.54. The minimum absolute atomic E-state index is 0.0315. The van der Waals surface area contributed by atoms with Crippen molar-refractivity contribution < 1.29 is 18.7 Å². The van der Waals surface area contributed by atoms with Gasteiger partial charge in [-0.3, -0.25) is 4.79 Å². The molecule has 2 aromatic carbocycles. The van der Waals surface area contributed by atoms with Gasteiger partial charge in [0.2, 0.25) is 0 Å². The van der Waals surface area contributed by atoms with Gasteiger partial charge in [0.1, 0.15) is 11.1 Å². The van der Waals surface area contributed by atoms with Crippen molar-refractivity contribution >= 4 is 22.6 Å². The Morgan fingerprint density at radius 2 is 1.72 bits per heavy atom. The van der Waals surface area contributed by atoms with Crippen LogP contribution in [0.2, 0.25) is 0 Å². The predicted octanol–water partition coefficient (Wildman–Crippen LogP) is 3.09. The molecule has 0 aliphatic carbocycles. The highest BCUT2D eigenvalue weighted by atomic mass is 16.5. The first-order chi connectivity index (χ1) is 12.0. The Hall–Kier alpha value is -3.28. The molecule has 0 bridgehead atoms. The van der Waals surface area contributed by atoms with E-state index in [1.54, 1.807) is 49.5 Å². The summed E-state index contributed by atoms with van der Waals surface area (Å²) in [7, 11) is 4.63. The molecule has 1 aromatic heterocycles. The number of ether oxygens (including phenoxy) is 2. The zero-order valence-corrected chi connectivity index (χ0v) is 14.1. The van der Waals surface area contributed by atoms with Crippen molar-refractivity contribution in [2.75, 3.05) is 26.2 Å². The Balaban J connectivity index is 2.00. The molecule has 6 heteroatoms. The molecule has 0 aliphatic heterocycles. The molecule has 6 nitrogen and oxygen atoms in total. The molecular formula is C19H17NO5. The van der Waals surface area contributed by atoms with E-state index in [9.17, 15) is 9.59 Å². The minimum Gasteiger partial charge on any atom is -0.493 e. The highest BCUT2D eigenvalue weighted by molar-refractivity contribution is 6.06. The van der Waals surface area contributed by atoms with Crippen molar-refractivity contribution in [3.05, 3.63) is 64.5 Å². The first kappa shape index (κ1) is 16.6. The number of amides is 1. The van der Waals surface area contributed by atoms with Crippen LogP contribution in [0.3, 0.4) is 0 Å². The van der Waals surface area contributed by atoms with Crippen molar-refractivity contribution in [1.29, 1.82) is 0 Å². The molecule has 0 atom stereocenters. The molecule has 0 N–H and O–H groups in total. The SMILES string of the molecule is COc1ccc(N(C)C(=O)c2cc3ccccc3oc2=O)cc1OC. The third-order valence-corrected chi connectivity index (χ3v) is 3.93. The summed E-state index contributed by atoms with van der Waals surface area (Å²) < 4.78 is 15.7. The van der Waals surface area contributed by atoms with Crippen LogP contribution < -0.4 is 20.0 Å². The number of benzene rings is 2. The molecule has 1 amide bonds. The quantitative estimate of drug-likeness (QED) is 0.683. The number of carbonyl (C=O) groups is 1. The highest BCUT2D eigenvalue weighted by Gasteiger charge is 2.20. The van der Waals surface area contributed by atoms with E-state index in [0.717, 1.165) is 0 Å². The highest BCUT2D eigenvalue weighted by Crippen LogP contribution is 2.31. The molecule has 0 spiro atoms. The summed E-state index contributed by atoms with van der Waals surface area (Å²) >= 11 is 0. The lowest BCUT2D eigenvalue weighted by molar-refractivity contribution is 0.0989. The second-order valence-corrected chi connectivity index (χ2v) is 5.39. The molecule has 1 heterocycles. The molecule has 3 rings (SSSR count). The van der Waals surface area contributed by atoms with E-state index in [1.807, 2.05) is 6.07 Å². The molecule has 3 aromatic rings. The number of nitrogens with zero attached hydrogens (tertiary/aromatic N) is 1. The van der Waals surface area contributed by atoms with E-state index in [-0.39, 0.29) is 5.56 Å². The van der Waals surface area contributed by atoms with Gasteiger partial charge in [-0.05, 0) is 24.3 Å². The predicted molar refractivity (Wildman–Crippen MR) is 94.8 cm³/mol. The largest absolute Gasteiger partial charge is 0.493 e. The summed E-state index contributed by atoms with van der Waals surface area (Å²) in [5.41, 5.74) is 0.306. The molecule has 25 heavy (non-hydrogen) atoms. The summed E-state index contributed by atoms with van der Waals surface area (Å²) in [5.74, 6) is 0.578. The number of carbonyl (C=O) groups excluding carboxylic acids is 1. The number of anilines is 1. The van der Waals surface area contributed by atoms with Crippen LogP contribution in [-0.4, -0.2) is 27.2 Å². The Labute approximate surface area is 144 Å². The summed E-state index contributed by atoms with van der Waals surface area (Å²) in [4.78, 5) is 26.3. The summed E-state index contributed by atoms with van der Waals surface area (Å²) in [6.07, 6.45) is 0. The smallest absolute Gasteiger partial charge is 0.349 e. The van der Waals surface area contributed by atoms with E-state index in [1.165, 1.54) is 19.1 Å². The van der Waals surface area contributed by atoms with Crippen LogP contribution in [0, 0.1) is 0 Å². The third-order valence-electron chi connectivity index (χ3n) is 3.93. The zero-order valence-electron chi connectivity index (χ0n) is 14.1. The molecule has 0 radical (unpaired) electrons. The van der Waals surface area contributed by atoms with Gasteiger partial charge in [0.05, 0.1) is 14.2 Å². The van der Waals surface area contributed by atoms with Crippen LogP contribution in [0.4, 0.5) is 5.69 Å². The molecular weight excluding hydrogens is 322 g/mol. The van der Waals surface area contributed by atoms with E-state index >= 15 is 0 Å². The molecule has 0 fully saturated rings. The Kier molecular flexibility index (Phi) is 4.43. The van der Waals surface area contributed by atoms with Gasteiger partial charge in [-0.25, -0.2) is 4.79 Å². The average Bonchev–Trinajstić information content (AvgIpc) is 2.65. The van der Waals surface area contributed by atoms with Gasteiger partial charge in [-0.15, -0.1) is 0 Å². The van der Waals surface area contributed by atoms with Crippen LogP contribution in [0.5, 0.6) is 11.5 Å². The fraction of sp³-hybridized carbons (Fsp3) is 0.158. The Bertz CT molecular complexity index is 993. The maximum absolute atomic E-state index is 12.8. The maximum atomic E-state index is 12.8. The van der Waals surface area contributed by atoms with E-state index in [4.69, 9.17) is 13.9 Å². The van der Waals surface area contributed by atoms with Crippen molar-refractivity contribution in [2.45, 2.75) is 0 Å². The second-order valence-electron chi connectivity index (χ2n) is 5.39. The number of hydrogen-bond donors (Lipinski definition) is 0. The van der Waals surface area contributed by atoms with Crippen LogP contribution in [0.15, 0.2) is 57.7 Å². The normalized spacial score (nSPS) is 10.5. The van der Waals surface area contributed by atoms with Crippen LogP contribution in [-0.2, 0) is 0 Å². The number of rotatable bonds is 4. The summed E-state index contributed by atoms with van der Waals surface area (Å²) in [6, 6.07) is 13.7. The van der Waals surface area contributed by atoms with Gasteiger partial charge < -0.3 is 18.8 Å². The van der Waals surface area contributed by atoms with Crippen molar-refractivity contribution in [1.82, 2.24) is 0 Å². The van der Waals surface area contributed by atoms with Crippen molar-refractivity contribution in [3.8, 4) is 11.5 Å². The number of methoxy groups -OCH3 is 2. The number of fused-ring (bicyclic) bond motifs is 1.